The molecule has 2 atom stereocenters. The number of nitrogens with one attached hydrogen (secondary N) is 3. The minimum Gasteiger partial charge on any atom is -0.506 e. The van der Waals surface area contributed by atoms with E-state index in [1.165, 1.54) is 13.1 Å². The molecular weight excluding hydrogens is 308 g/mol. The van der Waals surface area contributed by atoms with E-state index in [9.17, 15) is 14.7 Å². The zero-order chi connectivity index (χ0) is 17.3. The Kier molecular flexibility index (Phi) is 4.33. The maximum Gasteiger partial charge on any atom is 0.290 e. The van der Waals surface area contributed by atoms with Gasteiger partial charge in [0.1, 0.15) is 17.1 Å². The van der Waals surface area contributed by atoms with E-state index in [1.807, 2.05) is 0 Å². The van der Waals surface area contributed by atoms with Crippen LogP contribution in [0.4, 0.5) is 17.1 Å². The number of benzene rings is 1. The number of H-pyrrole nitrogens is 1. The molecule has 7 heteroatoms. The van der Waals surface area contributed by atoms with Gasteiger partial charge in [-0.1, -0.05) is 25.5 Å². The molecule has 0 radical (unpaired) electrons. The Morgan fingerprint density at radius 2 is 1.96 bits per heavy atom. The number of aromatic nitrogens is 2. The van der Waals surface area contributed by atoms with Crippen LogP contribution in [0.5, 0.6) is 5.75 Å². The molecule has 1 aromatic carbocycles. The monoisotopic (exact) mass is 330 g/mol. The van der Waals surface area contributed by atoms with Crippen molar-refractivity contribution in [1.29, 1.82) is 0 Å². The van der Waals surface area contributed by atoms with Crippen LogP contribution < -0.4 is 21.8 Å². The molecule has 1 heterocycles. The number of rotatable bonds is 4. The molecule has 7 nitrogen and oxygen atoms in total. The van der Waals surface area contributed by atoms with Crippen molar-refractivity contribution in [3.63, 3.8) is 0 Å². The summed E-state index contributed by atoms with van der Waals surface area (Å²) in [6.07, 6.45) is 3.16. The molecule has 1 fully saturated rings. The molecule has 3 rings (SSSR count). The largest absolute Gasteiger partial charge is 0.506 e. The summed E-state index contributed by atoms with van der Waals surface area (Å²) in [6, 6.07) is 6.76. The predicted molar refractivity (Wildman–Crippen MR) is 94.1 cm³/mol. The second kappa shape index (κ2) is 6.43. The average molecular weight is 330 g/mol. The lowest BCUT2D eigenvalue weighted by molar-refractivity contribution is 0.477. The van der Waals surface area contributed by atoms with E-state index >= 15 is 0 Å². The van der Waals surface area contributed by atoms with Crippen LogP contribution >= 0.6 is 0 Å². The molecule has 0 spiro atoms. The number of nitrogens with zero attached hydrogens (tertiary/aromatic N) is 1. The lowest BCUT2D eigenvalue weighted by Crippen LogP contribution is -2.34. The van der Waals surface area contributed by atoms with Gasteiger partial charge in [0.15, 0.2) is 0 Å². The first-order valence-electron chi connectivity index (χ1n) is 8.12. The number of phenols is 1. The van der Waals surface area contributed by atoms with Gasteiger partial charge in [0, 0.05) is 13.1 Å². The molecule has 1 aromatic heterocycles. The summed E-state index contributed by atoms with van der Waals surface area (Å²) in [6.45, 7) is 2.13. The number of aromatic amines is 1. The first-order chi connectivity index (χ1) is 11.5. The van der Waals surface area contributed by atoms with Crippen LogP contribution in [0.25, 0.3) is 0 Å². The number of aryl methyl sites for hydroxylation is 1. The Labute approximate surface area is 139 Å². The lowest BCUT2D eigenvalue weighted by atomic mass is 10.1. The fourth-order valence-electron chi connectivity index (χ4n) is 3.16. The minimum atomic E-state index is -0.369. The van der Waals surface area contributed by atoms with Crippen LogP contribution in [0.15, 0.2) is 33.9 Å². The SMILES string of the molecule is C[C@H]1CCC[C@@H]1Nc1c(Nc2ccccc2O)c(=O)n(C)[nH]c1=O. The summed E-state index contributed by atoms with van der Waals surface area (Å²) in [5, 5.41) is 18.6. The van der Waals surface area contributed by atoms with E-state index in [1.54, 1.807) is 18.2 Å². The molecule has 128 valence electrons. The fourth-order valence-corrected chi connectivity index (χ4v) is 3.16. The smallest absolute Gasteiger partial charge is 0.290 e. The van der Waals surface area contributed by atoms with Crippen molar-refractivity contribution in [2.45, 2.75) is 32.2 Å². The topological polar surface area (TPSA) is 99.1 Å². The Morgan fingerprint density at radius 1 is 1.21 bits per heavy atom. The summed E-state index contributed by atoms with van der Waals surface area (Å²) in [5.74, 6) is 0.450. The minimum absolute atomic E-state index is 0.0139. The molecule has 0 unspecified atom stereocenters. The molecule has 0 saturated heterocycles. The Bertz CT molecular complexity index is 856. The molecule has 4 N–H and O–H groups in total. The summed E-state index contributed by atoms with van der Waals surface area (Å²) in [4.78, 5) is 24.9. The molecule has 2 aromatic rings. The van der Waals surface area contributed by atoms with Gasteiger partial charge in [0.25, 0.3) is 11.1 Å². The normalized spacial score (nSPS) is 20.1. The van der Waals surface area contributed by atoms with Gasteiger partial charge in [-0.2, -0.15) is 0 Å². The van der Waals surface area contributed by atoms with Gasteiger partial charge in [-0.25, -0.2) is 0 Å². The molecule has 0 amide bonds. The summed E-state index contributed by atoms with van der Waals surface area (Å²) in [7, 11) is 1.49. The predicted octanol–water partition coefficient (Wildman–Crippen LogP) is 2.12. The van der Waals surface area contributed by atoms with Crippen LogP contribution in [-0.2, 0) is 7.05 Å². The zero-order valence-electron chi connectivity index (χ0n) is 13.8. The van der Waals surface area contributed by atoms with Crippen molar-refractivity contribution in [2.75, 3.05) is 10.6 Å². The van der Waals surface area contributed by atoms with E-state index in [0.29, 0.717) is 11.6 Å². The number of para-hydroxylation sites is 2. The highest BCUT2D eigenvalue weighted by atomic mass is 16.3. The van der Waals surface area contributed by atoms with Gasteiger partial charge < -0.3 is 15.7 Å². The zero-order valence-corrected chi connectivity index (χ0v) is 13.8. The molecule has 1 saturated carbocycles. The second-order valence-electron chi connectivity index (χ2n) is 6.36. The van der Waals surface area contributed by atoms with Crippen LogP contribution in [0.1, 0.15) is 26.2 Å². The van der Waals surface area contributed by atoms with Crippen molar-refractivity contribution in [2.24, 2.45) is 13.0 Å². The first kappa shape index (κ1) is 16.2. The second-order valence-corrected chi connectivity index (χ2v) is 6.36. The van der Waals surface area contributed by atoms with E-state index in [-0.39, 0.29) is 34.3 Å². The van der Waals surface area contributed by atoms with E-state index in [4.69, 9.17) is 0 Å². The highest BCUT2D eigenvalue weighted by Gasteiger charge is 2.26. The van der Waals surface area contributed by atoms with E-state index < -0.39 is 0 Å². The van der Waals surface area contributed by atoms with Gasteiger partial charge >= 0.3 is 0 Å². The third kappa shape index (κ3) is 3.02. The number of hydrogen-bond donors (Lipinski definition) is 4. The van der Waals surface area contributed by atoms with Crippen LogP contribution in [0.2, 0.25) is 0 Å². The van der Waals surface area contributed by atoms with E-state index in [2.05, 4.69) is 22.7 Å². The van der Waals surface area contributed by atoms with Crippen LogP contribution in [0.3, 0.4) is 0 Å². The maximum absolute atomic E-state index is 12.5. The molecule has 0 bridgehead atoms. The summed E-state index contributed by atoms with van der Waals surface area (Å²) >= 11 is 0. The van der Waals surface area contributed by atoms with Crippen molar-refractivity contribution >= 4 is 17.1 Å². The highest BCUT2D eigenvalue weighted by molar-refractivity contribution is 5.75. The number of anilines is 3. The number of aromatic hydroxyl groups is 1. The van der Waals surface area contributed by atoms with Crippen molar-refractivity contribution in [1.82, 2.24) is 9.78 Å². The molecule has 0 aliphatic heterocycles. The fraction of sp³-hybridized carbons (Fsp3) is 0.412. The summed E-state index contributed by atoms with van der Waals surface area (Å²) < 4.78 is 1.13. The third-order valence-electron chi connectivity index (χ3n) is 4.62. The number of phenolic OH excluding ortho intramolecular Hbond substituents is 1. The van der Waals surface area contributed by atoms with Gasteiger partial charge in [-0.3, -0.25) is 19.4 Å². The first-order valence-corrected chi connectivity index (χ1v) is 8.12. The van der Waals surface area contributed by atoms with Crippen LogP contribution in [-0.4, -0.2) is 20.9 Å². The van der Waals surface area contributed by atoms with Gasteiger partial charge in [0.05, 0.1) is 5.69 Å². The van der Waals surface area contributed by atoms with Gasteiger partial charge in [-0.05, 0) is 30.9 Å². The standard InChI is InChI=1S/C17H22N4O3/c1-10-6-5-8-11(10)18-14-15(17(24)21(2)20-16(14)23)19-12-7-3-4-9-13(12)22/h3-4,7,9-11,18-19,22H,5-6,8H2,1-2H3,(H,20,23)/t10-,11-/m0/s1. The van der Waals surface area contributed by atoms with Crippen molar-refractivity contribution in [3.8, 4) is 5.75 Å². The molecule has 1 aliphatic rings. The van der Waals surface area contributed by atoms with Gasteiger partial charge in [-0.15, -0.1) is 0 Å². The average Bonchev–Trinajstić information content (AvgIpc) is 2.95. The van der Waals surface area contributed by atoms with Crippen molar-refractivity contribution < 1.29 is 5.11 Å². The summed E-state index contributed by atoms with van der Waals surface area (Å²) in [5.41, 5.74) is 0.00444. The molecule has 1 aliphatic carbocycles. The number of hydrogen-bond acceptors (Lipinski definition) is 5. The maximum atomic E-state index is 12.5. The Hall–Kier alpha value is -2.70. The lowest BCUT2D eigenvalue weighted by Gasteiger charge is -2.21. The van der Waals surface area contributed by atoms with Gasteiger partial charge in [0.2, 0.25) is 0 Å². The molecular formula is C17H22N4O3. The highest BCUT2D eigenvalue weighted by Crippen LogP contribution is 2.30. The quantitative estimate of drug-likeness (QED) is 0.644. The van der Waals surface area contributed by atoms with Crippen molar-refractivity contribution in [3.05, 3.63) is 45.0 Å². The third-order valence-corrected chi connectivity index (χ3v) is 4.62. The Balaban J connectivity index is 2.04. The molecule has 24 heavy (non-hydrogen) atoms. The van der Waals surface area contributed by atoms with E-state index in [0.717, 1.165) is 23.9 Å². The van der Waals surface area contributed by atoms with Crippen LogP contribution in [0, 0.1) is 5.92 Å². The Morgan fingerprint density at radius 3 is 2.62 bits per heavy atom.